The summed E-state index contributed by atoms with van der Waals surface area (Å²) in [6.45, 7) is 10.3. The van der Waals surface area contributed by atoms with E-state index in [1.54, 1.807) is 24.3 Å². The van der Waals surface area contributed by atoms with Gasteiger partial charge in [0.05, 0.1) is 4.90 Å². The van der Waals surface area contributed by atoms with Gasteiger partial charge in [0.1, 0.15) is 5.82 Å². The fraction of sp³-hybridized carbons (Fsp3) is 0.360. The highest BCUT2D eigenvalue weighted by Gasteiger charge is 2.30. The van der Waals surface area contributed by atoms with Crippen LogP contribution in [0.15, 0.2) is 53.4 Å². The number of halogens is 1. The van der Waals surface area contributed by atoms with Gasteiger partial charge in [-0.25, -0.2) is 18.4 Å². The van der Waals surface area contributed by atoms with Crippen LogP contribution >= 0.6 is 11.6 Å². The van der Waals surface area contributed by atoms with Gasteiger partial charge in [0.25, 0.3) is 0 Å². The fourth-order valence-electron chi connectivity index (χ4n) is 4.29. The van der Waals surface area contributed by atoms with Gasteiger partial charge in [-0.05, 0) is 50.1 Å². The van der Waals surface area contributed by atoms with Crippen molar-refractivity contribution >= 4 is 27.4 Å². The minimum Gasteiger partial charge on any atom is -0.354 e. The van der Waals surface area contributed by atoms with Crippen molar-refractivity contribution in [2.45, 2.75) is 38.5 Å². The summed E-state index contributed by atoms with van der Waals surface area (Å²) in [4.78, 5) is 12.2. The van der Waals surface area contributed by atoms with Gasteiger partial charge in [-0.15, -0.1) is 0 Å². The average molecular weight is 485 g/mol. The zero-order valence-corrected chi connectivity index (χ0v) is 21.0. The number of rotatable bonds is 5. The van der Waals surface area contributed by atoms with Crippen LogP contribution in [0.2, 0.25) is 5.02 Å². The molecule has 0 radical (unpaired) electrons. The third-order valence-corrected chi connectivity index (χ3v) is 8.12. The van der Waals surface area contributed by atoms with Gasteiger partial charge in [-0.2, -0.15) is 4.31 Å². The number of benzene rings is 2. The van der Waals surface area contributed by atoms with Crippen LogP contribution in [0.1, 0.15) is 36.6 Å². The normalized spacial score (nSPS) is 15.3. The SMILES string of the molecule is Cc1cccc(-c2nc(C)c(C(C)C)c(N3CCN(S(=O)(=O)c4ccc(Cl)cc4)CC3)n2)c1. The van der Waals surface area contributed by atoms with Gasteiger partial charge in [0, 0.05) is 48.0 Å². The van der Waals surface area contributed by atoms with Gasteiger partial charge >= 0.3 is 0 Å². The van der Waals surface area contributed by atoms with E-state index in [9.17, 15) is 8.42 Å². The lowest BCUT2D eigenvalue weighted by atomic mass is 10.0. The second-order valence-corrected chi connectivity index (χ2v) is 11.1. The Morgan fingerprint density at radius 3 is 2.21 bits per heavy atom. The topological polar surface area (TPSA) is 66.4 Å². The molecule has 0 saturated carbocycles. The molecule has 1 fully saturated rings. The lowest BCUT2D eigenvalue weighted by molar-refractivity contribution is 0.383. The van der Waals surface area contributed by atoms with Crippen molar-refractivity contribution in [3.05, 3.63) is 70.4 Å². The molecule has 3 aromatic rings. The van der Waals surface area contributed by atoms with E-state index < -0.39 is 10.0 Å². The minimum absolute atomic E-state index is 0.252. The molecule has 0 unspecified atom stereocenters. The minimum atomic E-state index is -3.56. The molecule has 1 saturated heterocycles. The number of anilines is 1. The molecule has 4 rings (SSSR count). The molecule has 33 heavy (non-hydrogen) atoms. The third-order valence-electron chi connectivity index (χ3n) is 5.96. The Labute approximate surface area is 201 Å². The first-order valence-corrected chi connectivity index (χ1v) is 12.9. The molecule has 2 aromatic carbocycles. The summed E-state index contributed by atoms with van der Waals surface area (Å²) >= 11 is 5.93. The van der Waals surface area contributed by atoms with E-state index in [0.29, 0.717) is 37.0 Å². The monoisotopic (exact) mass is 484 g/mol. The van der Waals surface area contributed by atoms with Gasteiger partial charge in [-0.3, -0.25) is 0 Å². The average Bonchev–Trinajstić information content (AvgIpc) is 2.78. The van der Waals surface area contributed by atoms with E-state index in [-0.39, 0.29) is 10.8 Å². The lowest BCUT2D eigenvalue weighted by Crippen LogP contribution is -2.49. The largest absolute Gasteiger partial charge is 0.354 e. The molecule has 0 amide bonds. The molecule has 8 heteroatoms. The number of aryl methyl sites for hydroxylation is 2. The van der Waals surface area contributed by atoms with Crippen LogP contribution in [-0.2, 0) is 10.0 Å². The highest BCUT2D eigenvalue weighted by molar-refractivity contribution is 7.89. The number of nitrogens with zero attached hydrogens (tertiary/aromatic N) is 4. The molecule has 174 valence electrons. The first-order chi connectivity index (χ1) is 15.7. The predicted molar refractivity (Wildman–Crippen MR) is 133 cm³/mol. The van der Waals surface area contributed by atoms with Gasteiger partial charge in [0.15, 0.2) is 5.82 Å². The Morgan fingerprint density at radius 1 is 0.939 bits per heavy atom. The predicted octanol–water partition coefficient (Wildman–Crippen LogP) is 5.05. The molecule has 1 aromatic heterocycles. The maximum atomic E-state index is 13.1. The molecular weight excluding hydrogens is 456 g/mol. The van der Waals surface area contributed by atoms with E-state index in [1.165, 1.54) is 4.31 Å². The van der Waals surface area contributed by atoms with Gasteiger partial charge in [0.2, 0.25) is 10.0 Å². The maximum absolute atomic E-state index is 13.1. The summed E-state index contributed by atoms with van der Waals surface area (Å²) in [6.07, 6.45) is 0. The number of piperazine rings is 1. The molecule has 0 spiro atoms. The van der Waals surface area contributed by atoms with Crippen LogP contribution in [0.3, 0.4) is 0 Å². The van der Waals surface area contributed by atoms with Crippen molar-refractivity contribution in [3.63, 3.8) is 0 Å². The van der Waals surface area contributed by atoms with E-state index in [1.807, 2.05) is 19.1 Å². The van der Waals surface area contributed by atoms with Crippen LogP contribution in [0, 0.1) is 13.8 Å². The summed E-state index contributed by atoms with van der Waals surface area (Å²) in [5, 5.41) is 0.517. The Morgan fingerprint density at radius 2 is 1.61 bits per heavy atom. The lowest BCUT2D eigenvalue weighted by Gasteiger charge is -2.36. The molecule has 1 aliphatic rings. The summed E-state index contributed by atoms with van der Waals surface area (Å²) in [5.41, 5.74) is 4.21. The zero-order valence-electron chi connectivity index (χ0n) is 19.4. The van der Waals surface area contributed by atoms with Gasteiger partial charge < -0.3 is 4.90 Å². The summed E-state index contributed by atoms with van der Waals surface area (Å²) < 4.78 is 27.7. The summed E-state index contributed by atoms with van der Waals surface area (Å²) in [5.74, 6) is 1.85. The number of sulfonamides is 1. The van der Waals surface area contributed by atoms with Crippen LogP contribution in [0.25, 0.3) is 11.4 Å². The fourth-order valence-corrected chi connectivity index (χ4v) is 5.84. The van der Waals surface area contributed by atoms with Crippen molar-refractivity contribution in [1.29, 1.82) is 0 Å². The van der Waals surface area contributed by atoms with Crippen molar-refractivity contribution in [1.82, 2.24) is 14.3 Å². The summed E-state index contributed by atoms with van der Waals surface area (Å²) in [7, 11) is -3.56. The van der Waals surface area contributed by atoms with Crippen LogP contribution < -0.4 is 4.90 Å². The standard InChI is InChI=1S/C25H29ClN4O2S/c1-17(2)23-19(4)27-24(20-7-5-6-18(3)16-20)28-25(23)29-12-14-30(15-13-29)33(31,32)22-10-8-21(26)9-11-22/h5-11,16-17H,12-15H2,1-4H3. The molecule has 0 bridgehead atoms. The van der Waals surface area contributed by atoms with Crippen molar-refractivity contribution < 1.29 is 8.42 Å². The number of aromatic nitrogens is 2. The second-order valence-electron chi connectivity index (χ2n) is 8.74. The zero-order chi connectivity index (χ0) is 23.8. The van der Waals surface area contributed by atoms with Gasteiger partial charge in [-0.1, -0.05) is 49.2 Å². The molecule has 6 nitrogen and oxygen atoms in total. The Balaban J connectivity index is 1.62. The maximum Gasteiger partial charge on any atom is 0.243 e. The highest BCUT2D eigenvalue weighted by atomic mass is 35.5. The molecule has 1 aliphatic heterocycles. The first kappa shape index (κ1) is 23.7. The van der Waals surface area contributed by atoms with Crippen molar-refractivity contribution in [2.24, 2.45) is 0 Å². The van der Waals surface area contributed by atoms with Crippen molar-refractivity contribution in [2.75, 3.05) is 31.1 Å². The van der Waals surface area contributed by atoms with Crippen LogP contribution in [-0.4, -0.2) is 48.9 Å². The molecule has 0 aliphatic carbocycles. The summed E-state index contributed by atoms with van der Waals surface area (Å²) in [6, 6.07) is 14.5. The molecule has 0 atom stereocenters. The quantitative estimate of drug-likeness (QED) is 0.507. The van der Waals surface area contributed by atoms with Crippen molar-refractivity contribution in [3.8, 4) is 11.4 Å². The second kappa shape index (κ2) is 9.41. The molecule has 2 heterocycles. The molecular formula is C25H29ClN4O2S. The third kappa shape index (κ3) is 4.90. The number of hydrogen-bond donors (Lipinski definition) is 0. The number of hydrogen-bond acceptors (Lipinski definition) is 5. The Hall–Kier alpha value is -2.48. The first-order valence-electron chi connectivity index (χ1n) is 11.1. The smallest absolute Gasteiger partial charge is 0.243 e. The highest BCUT2D eigenvalue weighted by Crippen LogP contribution is 2.32. The Bertz CT molecular complexity index is 1250. The Kier molecular flexibility index (Phi) is 6.75. The van der Waals surface area contributed by atoms with E-state index >= 15 is 0 Å². The van der Waals surface area contributed by atoms with E-state index in [2.05, 4.69) is 37.8 Å². The van der Waals surface area contributed by atoms with E-state index in [4.69, 9.17) is 21.6 Å². The van der Waals surface area contributed by atoms with E-state index in [0.717, 1.165) is 28.2 Å². The van der Waals surface area contributed by atoms with Crippen LogP contribution in [0.4, 0.5) is 5.82 Å². The van der Waals surface area contributed by atoms with Crippen LogP contribution in [0.5, 0.6) is 0 Å². The molecule has 0 N–H and O–H groups in total.